The van der Waals surface area contributed by atoms with Gasteiger partial charge in [-0.3, -0.25) is 4.72 Å². The van der Waals surface area contributed by atoms with Crippen LogP contribution in [0.5, 0.6) is 5.75 Å². The average molecular weight is 470 g/mol. The van der Waals surface area contributed by atoms with Crippen LogP contribution in [0.15, 0.2) is 48.7 Å². The van der Waals surface area contributed by atoms with Crippen LogP contribution >= 0.6 is 23.2 Å². The van der Waals surface area contributed by atoms with Gasteiger partial charge in [0.15, 0.2) is 11.6 Å². The Balaban J connectivity index is 1.88. The van der Waals surface area contributed by atoms with Crippen molar-refractivity contribution in [2.45, 2.75) is 13.0 Å². The van der Waals surface area contributed by atoms with E-state index in [-0.39, 0.29) is 21.6 Å². The van der Waals surface area contributed by atoms with Gasteiger partial charge in [-0.05, 0) is 42.8 Å². The molecule has 0 spiro atoms. The third kappa shape index (κ3) is 5.13. The summed E-state index contributed by atoms with van der Waals surface area (Å²) in [5.74, 6) is -0.187. The molecule has 0 saturated heterocycles. The molecule has 0 radical (unpaired) electrons. The summed E-state index contributed by atoms with van der Waals surface area (Å²) in [6, 6.07) is 11.0. The first-order chi connectivity index (χ1) is 14.0. The molecule has 0 aliphatic rings. The van der Waals surface area contributed by atoms with Crippen LogP contribution in [-0.4, -0.2) is 19.7 Å². The van der Waals surface area contributed by atoms with Crippen LogP contribution in [0, 0.1) is 5.82 Å². The van der Waals surface area contributed by atoms with Crippen molar-refractivity contribution in [3.8, 4) is 16.9 Å². The highest BCUT2D eigenvalue weighted by Gasteiger charge is 2.20. The van der Waals surface area contributed by atoms with Gasteiger partial charge in [0.05, 0.1) is 11.3 Å². The van der Waals surface area contributed by atoms with Gasteiger partial charge >= 0.3 is 0 Å². The SMILES string of the molecule is CC(Oc1cc(-c2ccc(NS(C)(=O)=O)cc2)cnc1N)c1c(Cl)ccc(F)c1Cl. The Morgan fingerprint density at radius 2 is 1.80 bits per heavy atom. The fourth-order valence-electron chi connectivity index (χ4n) is 2.82. The highest BCUT2D eigenvalue weighted by Crippen LogP contribution is 2.37. The van der Waals surface area contributed by atoms with Crippen LogP contribution in [0.3, 0.4) is 0 Å². The minimum atomic E-state index is -3.36. The van der Waals surface area contributed by atoms with E-state index in [4.69, 9.17) is 33.7 Å². The van der Waals surface area contributed by atoms with Crippen molar-refractivity contribution in [2.75, 3.05) is 16.7 Å². The summed E-state index contributed by atoms with van der Waals surface area (Å²) in [5, 5.41) is 0.150. The zero-order chi connectivity index (χ0) is 22.1. The lowest BCUT2D eigenvalue weighted by molar-refractivity contribution is 0.227. The van der Waals surface area contributed by atoms with Crippen LogP contribution in [-0.2, 0) is 10.0 Å². The third-order valence-corrected chi connectivity index (χ3v) is 5.51. The van der Waals surface area contributed by atoms with E-state index in [1.54, 1.807) is 43.5 Å². The molecular formula is C20H18Cl2FN3O3S. The summed E-state index contributed by atoms with van der Waals surface area (Å²) in [4.78, 5) is 4.15. The second-order valence-electron chi connectivity index (χ2n) is 6.58. The summed E-state index contributed by atoms with van der Waals surface area (Å²) < 4.78 is 44.8. The number of aromatic nitrogens is 1. The highest BCUT2D eigenvalue weighted by atomic mass is 35.5. The number of rotatable bonds is 6. The van der Waals surface area contributed by atoms with E-state index in [2.05, 4.69) is 9.71 Å². The lowest BCUT2D eigenvalue weighted by Gasteiger charge is -2.19. The number of nitrogens with two attached hydrogens (primary N) is 1. The molecule has 1 heterocycles. The van der Waals surface area contributed by atoms with Crippen LogP contribution < -0.4 is 15.2 Å². The predicted molar refractivity (Wildman–Crippen MR) is 118 cm³/mol. The van der Waals surface area contributed by atoms with Gasteiger partial charge < -0.3 is 10.5 Å². The Bertz CT molecular complexity index is 1190. The van der Waals surface area contributed by atoms with Crippen LogP contribution in [0.1, 0.15) is 18.6 Å². The summed E-state index contributed by atoms with van der Waals surface area (Å²) in [6.45, 7) is 1.67. The number of sulfonamides is 1. The first kappa shape index (κ1) is 22.1. The maximum atomic E-state index is 13.8. The van der Waals surface area contributed by atoms with Crippen LogP contribution in [0.4, 0.5) is 15.9 Å². The normalized spacial score (nSPS) is 12.4. The van der Waals surface area contributed by atoms with Gasteiger partial charge in [-0.1, -0.05) is 35.3 Å². The monoisotopic (exact) mass is 469 g/mol. The molecule has 3 N–H and O–H groups in total. The number of benzene rings is 2. The van der Waals surface area contributed by atoms with Gasteiger partial charge in [0, 0.05) is 28.0 Å². The van der Waals surface area contributed by atoms with E-state index >= 15 is 0 Å². The number of hydrogen-bond donors (Lipinski definition) is 2. The van der Waals surface area contributed by atoms with Crippen LogP contribution in [0.25, 0.3) is 11.1 Å². The van der Waals surface area contributed by atoms with Gasteiger partial charge in [0.2, 0.25) is 10.0 Å². The number of anilines is 2. The highest BCUT2D eigenvalue weighted by molar-refractivity contribution is 7.92. The Morgan fingerprint density at radius 3 is 2.43 bits per heavy atom. The van der Waals surface area contributed by atoms with Crippen molar-refractivity contribution in [3.63, 3.8) is 0 Å². The van der Waals surface area contributed by atoms with Gasteiger partial charge in [-0.2, -0.15) is 0 Å². The molecule has 6 nitrogen and oxygen atoms in total. The van der Waals surface area contributed by atoms with E-state index in [1.807, 2.05) is 0 Å². The van der Waals surface area contributed by atoms with Crippen molar-refractivity contribution in [1.29, 1.82) is 0 Å². The quantitative estimate of drug-likeness (QED) is 0.478. The number of halogens is 3. The largest absolute Gasteiger partial charge is 0.482 e. The summed E-state index contributed by atoms with van der Waals surface area (Å²) in [6.07, 6.45) is 1.95. The van der Waals surface area contributed by atoms with Crippen molar-refractivity contribution in [3.05, 3.63) is 70.1 Å². The average Bonchev–Trinajstić information content (AvgIpc) is 2.66. The van der Waals surface area contributed by atoms with Gasteiger partial charge in [-0.15, -0.1) is 0 Å². The number of pyridine rings is 1. The maximum Gasteiger partial charge on any atom is 0.229 e. The molecule has 3 aromatic rings. The molecule has 0 amide bonds. The maximum absolute atomic E-state index is 13.8. The Morgan fingerprint density at radius 1 is 1.13 bits per heavy atom. The molecule has 0 bridgehead atoms. The molecule has 3 rings (SSSR count). The molecule has 1 aromatic heterocycles. The van der Waals surface area contributed by atoms with Gasteiger partial charge in [0.1, 0.15) is 11.9 Å². The standard InChI is InChI=1S/C20H18Cl2FN3O3S/c1-11(18-15(21)7-8-16(23)19(18)22)29-17-9-13(10-25-20(17)24)12-3-5-14(6-4-12)26-30(2,27)28/h3-11,26H,1-2H3,(H2,24,25). The summed E-state index contributed by atoms with van der Waals surface area (Å²) in [5.41, 5.74) is 8.13. The molecule has 158 valence electrons. The Hall–Kier alpha value is -2.55. The molecule has 10 heteroatoms. The molecular weight excluding hydrogens is 452 g/mol. The van der Waals surface area contributed by atoms with Crippen molar-refractivity contribution < 1.29 is 17.5 Å². The molecule has 1 atom stereocenters. The summed E-state index contributed by atoms with van der Waals surface area (Å²) in [7, 11) is -3.36. The van der Waals surface area contributed by atoms with Crippen molar-refractivity contribution in [1.82, 2.24) is 4.98 Å². The first-order valence-electron chi connectivity index (χ1n) is 8.69. The molecule has 0 aliphatic carbocycles. The van der Waals surface area contributed by atoms with E-state index < -0.39 is 21.9 Å². The first-order valence-corrected chi connectivity index (χ1v) is 11.3. The lowest BCUT2D eigenvalue weighted by Crippen LogP contribution is -2.09. The van der Waals surface area contributed by atoms with E-state index in [9.17, 15) is 12.8 Å². The number of nitrogens with zero attached hydrogens (tertiary/aromatic N) is 1. The number of hydrogen-bond acceptors (Lipinski definition) is 5. The molecule has 1 unspecified atom stereocenters. The zero-order valence-electron chi connectivity index (χ0n) is 16.0. The van der Waals surface area contributed by atoms with Gasteiger partial charge in [-0.25, -0.2) is 17.8 Å². The van der Waals surface area contributed by atoms with E-state index in [1.165, 1.54) is 12.1 Å². The number of nitrogens with one attached hydrogen (secondary N) is 1. The number of ether oxygens (including phenoxy) is 1. The minimum Gasteiger partial charge on any atom is -0.482 e. The minimum absolute atomic E-state index is 0.119. The van der Waals surface area contributed by atoms with Gasteiger partial charge in [0.25, 0.3) is 0 Å². The van der Waals surface area contributed by atoms with Crippen molar-refractivity contribution in [2.24, 2.45) is 0 Å². The summed E-state index contributed by atoms with van der Waals surface area (Å²) >= 11 is 12.2. The smallest absolute Gasteiger partial charge is 0.229 e. The third-order valence-electron chi connectivity index (χ3n) is 4.19. The molecule has 0 saturated carbocycles. The predicted octanol–water partition coefficient (Wildman–Crippen LogP) is 5.29. The van der Waals surface area contributed by atoms with Crippen LogP contribution in [0.2, 0.25) is 10.0 Å². The second-order valence-corrected chi connectivity index (χ2v) is 9.11. The second kappa shape index (κ2) is 8.67. The van der Waals surface area contributed by atoms with E-state index in [0.717, 1.165) is 11.8 Å². The van der Waals surface area contributed by atoms with Crippen molar-refractivity contribution >= 4 is 44.7 Å². The zero-order valence-corrected chi connectivity index (χ0v) is 18.3. The Kier molecular flexibility index (Phi) is 6.40. The Labute approximate surface area is 183 Å². The van der Waals surface area contributed by atoms with E-state index in [0.29, 0.717) is 16.8 Å². The molecule has 30 heavy (non-hydrogen) atoms. The topological polar surface area (TPSA) is 94.3 Å². The molecule has 2 aromatic carbocycles. The fraction of sp³-hybridized carbons (Fsp3) is 0.150. The molecule has 0 fully saturated rings. The fourth-order valence-corrected chi connectivity index (χ4v) is 4.06. The lowest BCUT2D eigenvalue weighted by atomic mass is 10.1. The molecule has 0 aliphatic heterocycles. The number of nitrogen functional groups attached to an aromatic ring is 1.